The maximum Gasteiger partial charge on any atom is 0.598 e. The van der Waals surface area contributed by atoms with E-state index in [0.717, 1.165) is 22.2 Å². The third-order valence-electron chi connectivity index (χ3n) is 5.61. The second-order valence-corrected chi connectivity index (χ2v) is 13.0. The van der Waals surface area contributed by atoms with Crippen molar-refractivity contribution in [3.63, 3.8) is 0 Å². The van der Waals surface area contributed by atoms with Crippen molar-refractivity contribution in [3.05, 3.63) is 70.8 Å². The summed E-state index contributed by atoms with van der Waals surface area (Å²) in [5, 5.41) is 10.4. The average molecular weight is 567 g/mol. The smallest absolute Gasteiger partial charge is 0.586 e. The van der Waals surface area contributed by atoms with Crippen molar-refractivity contribution in [1.82, 2.24) is 4.72 Å². The van der Waals surface area contributed by atoms with Gasteiger partial charge in [-0.15, -0.1) is 24.9 Å². The largest absolute Gasteiger partial charge is 0.598 e. The van der Waals surface area contributed by atoms with Gasteiger partial charge in [-0.3, -0.25) is 4.79 Å². The van der Waals surface area contributed by atoms with E-state index in [1.54, 1.807) is 30.3 Å². The number of hydrogen-bond acceptors (Lipinski definition) is 6. The Labute approximate surface area is 211 Å². The van der Waals surface area contributed by atoms with Gasteiger partial charge in [0.25, 0.3) is 0 Å². The molecule has 0 radical (unpaired) electrons. The minimum Gasteiger partial charge on any atom is -0.586 e. The van der Waals surface area contributed by atoms with Gasteiger partial charge in [0, 0.05) is 15.8 Å². The summed E-state index contributed by atoms with van der Waals surface area (Å²) in [5.74, 6) is -2.21. The van der Waals surface area contributed by atoms with Crippen LogP contribution in [0.25, 0.3) is 4.91 Å². The minimum atomic E-state index is -4.98. The number of aliphatic carboxylic acids is 1. The predicted octanol–water partition coefficient (Wildman–Crippen LogP) is 4.67. The number of anilines is 1. The van der Waals surface area contributed by atoms with E-state index in [-0.39, 0.29) is 18.5 Å². The maximum atomic E-state index is 13.1. The zero-order chi connectivity index (χ0) is 25.6. The van der Waals surface area contributed by atoms with E-state index < -0.39 is 48.9 Å². The molecule has 3 N–H and O–H groups in total. The standard InChI is InChI=1S/C21H18ClF3N2O5S3/c22-14-6-4-12(5-7-14)17-8-9-18(33-17)35(31,32)27-20(19(28)29)11-16(20)13-2-1-3-15(10-13)26-34(30)21(23,24)25/h1-8,10,16,18,26-27H,9,11H2,(H,28,29). The second-order valence-electron chi connectivity index (χ2n) is 7.98. The van der Waals surface area contributed by atoms with Crippen molar-refractivity contribution in [1.29, 1.82) is 0 Å². The number of benzene rings is 2. The lowest BCUT2D eigenvalue weighted by atomic mass is 10.1. The first-order chi connectivity index (χ1) is 16.3. The molecule has 2 aliphatic rings. The third kappa shape index (κ3) is 5.59. The summed E-state index contributed by atoms with van der Waals surface area (Å²) in [4.78, 5) is 12.8. The molecule has 1 aliphatic heterocycles. The van der Waals surface area contributed by atoms with Crippen LogP contribution in [0.5, 0.6) is 0 Å². The van der Waals surface area contributed by atoms with Gasteiger partial charge in [0.05, 0.1) is 5.69 Å². The third-order valence-corrected chi connectivity index (χ3v) is 10.4. The van der Waals surface area contributed by atoms with Crippen LogP contribution in [0.4, 0.5) is 18.9 Å². The zero-order valence-corrected chi connectivity index (χ0v) is 20.8. The van der Waals surface area contributed by atoms with E-state index >= 15 is 0 Å². The molecule has 1 fully saturated rings. The fraction of sp³-hybridized carbons (Fsp3) is 0.286. The van der Waals surface area contributed by atoms with E-state index in [4.69, 9.17) is 11.6 Å². The Bertz CT molecular complexity index is 1270. The SMILES string of the molecule is O=C(O)C1(NS(=O)(=O)C2CC=C(c3ccc(Cl)cc3)S2)CC1c1cccc(N[S+]([O-])C(F)(F)F)c1. The molecule has 1 saturated carbocycles. The average Bonchev–Trinajstić information content (AvgIpc) is 3.27. The molecule has 0 amide bonds. The monoisotopic (exact) mass is 566 g/mol. The predicted molar refractivity (Wildman–Crippen MR) is 129 cm³/mol. The normalized spacial score (nSPS) is 25.1. The number of halogens is 4. The van der Waals surface area contributed by atoms with Crippen molar-refractivity contribution in [2.45, 2.75) is 34.4 Å². The number of carboxylic acid groups (broad SMARTS) is 1. The van der Waals surface area contributed by atoms with Crippen LogP contribution in [0.1, 0.15) is 29.9 Å². The Balaban J connectivity index is 1.48. The van der Waals surface area contributed by atoms with Crippen molar-refractivity contribution in [2.24, 2.45) is 0 Å². The molecule has 1 aliphatic carbocycles. The lowest BCUT2D eigenvalue weighted by Crippen LogP contribution is -2.47. The molecular weight excluding hydrogens is 549 g/mol. The highest BCUT2D eigenvalue weighted by atomic mass is 35.5. The van der Waals surface area contributed by atoms with E-state index in [9.17, 15) is 36.0 Å². The Morgan fingerprint density at radius 2 is 1.91 bits per heavy atom. The van der Waals surface area contributed by atoms with Crippen molar-refractivity contribution in [2.75, 3.05) is 4.72 Å². The number of thioether (sulfide) groups is 1. The molecule has 0 aromatic heterocycles. The van der Waals surface area contributed by atoms with Crippen LogP contribution < -0.4 is 9.44 Å². The van der Waals surface area contributed by atoms with Gasteiger partial charge in [0.2, 0.25) is 10.0 Å². The number of carboxylic acids is 1. The minimum absolute atomic E-state index is 0.0811. The number of allylic oxidation sites excluding steroid dienone is 1. The highest BCUT2D eigenvalue weighted by Gasteiger charge is 2.64. The Morgan fingerprint density at radius 1 is 1.23 bits per heavy atom. The maximum absolute atomic E-state index is 13.1. The Kier molecular flexibility index (Phi) is 7.12. The van der Waals surface area contributed by atoms with Crippen LogP contribution >= 0.6 is 23.4 Å². The van der Waals surface area contributed by atoms with Crippen LogP contribution in [0.3, 0.4) is 0 Å². The summed E-state index contributed by atoms with van der Waals surface area (Å²) in [6, 6.07) is 12.2. The molecule has 0 saturated heterocycles. The van der Waals surface area contributed by atoms with Crippen LogP contribution in [0, 0.1) is 0 Å². The molecular formula is C21H18ClF3N2O5S3. The molecule has 4 unspecified atom stereocenters. The summed E-state index contributed by atoms with van der Waals surface area (Å²) in [6.45, 7) is 0. The highest BCUT2D eigenvalue weighted by molar-refractivity contribution is 8.18. The van der Waals surface area contributed by atoms with Crippen LogP contribution in [-0.2, 0) is 26.2 Å². The van der Waals surface area contributed by atoms with Gasteiger partial charge in [-0.2, -0.15) is 4.72 Å². The molecule has 2 aromatic rings. The van der Waals surface area contributed by atoms with Crippen molar-refractivity contribution >= 4 is 61.3 Å². The summed E-state index contributed by atoms with van der Waals surface area (Å²) in [5.41, 5.74) is -5.85. The molecule has 4 atom stereocenters. The number of carbonyl (C=O) groups is 1. The molecule has 188 valence electrons. The Hall–Kier alpha value is -1.90. The van der Waals surface area contributed by atoms with Crippen molar-refractivity contribution in [3.8, 4) is 0 Å². The Morgan fingerprint density at radius 3 is 2.54 bits per heavy atom. The van der Waals surface area contributed by atoms with Gasteiger partial charge in [0.15, 0.2) is 11.4 Å². The topological polar surface area (TPSA) is 119 Å². The van der Waals surface area contributed by atoms with Gasteiger partial charge in [-0.25, -0.2) is 13.1 Å². The fourth-order valence-corrected chi connectivity index (χ4v) is 7.58. The number of alkyl halides is 3. The first kappa shape index (κ1) is 26.2. The fourth-order valence-electron chi connectivity index (χ4n) is 3.79. The summed E-state index contributed by atoms with van der Waals surface area (Å²) in [6.07, 6.45) is 1.84. The number of nitrogens with one attached hydrogen (secondary N) is 2. The number of hydrogen-bond donors (Lipinski definition) is 3. The highest BCUT2D eigenvalue weighted by Crippen LogP contribution is 2.53. The molecule has 0 bridgehead atoms. The van der Waals surface area contributed by atoms with E-state index in [0.29, 0.717) is 10.6 Å². The lowest BCUT2D eigenvalue weighted by molar-refractivity contribution is -0.140. The van der Waals surface area contributed by atoms with Crippen LogP contribution in [0.15, 0.2) is 54.6 Å². The van der Waals surface area contributed by atoms with Crippen molar-refractivity contribution < 1.29 is 36.0 Å². The van der Waals surface area contributed by atoms with E-state index in [2.05, 4.69) is 4.72 Å². The first-order valence-corrected chi connectivity index (χ1v) is 14.0. The molecule has 35 heavy (non-hydrogen) atoms. The summed E-state index contributed by atoms with van der Waals surface area (Å²) in [7, 11) is -4.10. The van der Waals surface area contributed by atoms with E-state index in [1.165, 1.54) is 24.3 Å². The second kappa shape index (κ2) is 9.52. The molecule has 1 heterocycles. The quantitative estimate of drug-likeness (QED) is 0.397. The molecule has 7 nitrogen and oxygen atoms in total. The van der Waals surface area contributed by atoms with Crippen LogP contribution in [0.2, 0.25) is 5.02 Å². The van der Waals surface area contributed by atoms with Gasteiger partial charge >= 0.3 is 11.5 Å². The summed E-state index contributed by atoms with van der Waals surface area (Å²) < 4.78 is 78.5. The molecule has 14 heteroatoms. The lowest BCUT2D eigenvalue weighted by Gasteiger charge is -2.19. The number of rotatable bonds is 8. The van der Waals surface area contributed by atoms with Gasteiger partial charge in [-0.05, 0) is 48.2 Å². The molecule has 4 rings (SSSR count). The zero-order valence-electron chi connectivity index (χ0n) is 17.6. The van der Waals surface area contributed by atoms with Gasteiger partial charge in [-0.1, -0.05) is 41.9 Å². The summed E-state index contributed by atoms with van der Waals surface area (Å²) >= 11 is 3.63. The van der Waals surface area contributed by atoms with E-state index in [1.807, 2.05) is 4.72 Å². The molecule has 0 spiro atoms. The molecule has 2 aromatic carbocycles. The van der Waals surface area contributed by atoms with Gasteiger partial charge < -0.3 is 9.66 Å². The van der Waals surface area contributed by atoms with Crippen LogP contribution in [-0.4, -0.2) is 39.7 Å². The number of sulfonamides is 1. The first-order valence-electron chi connectivity index (χ1n) is 10.1. The van der Waals surface area contributed by atoms with Gasteiger partial charge in [0.1, 0.15) is 10.1 Å².